The van der Waals surface area contributed by atoms with Gasteiger partial charge in [-0.1, -0.05) is 0 Å². The van der Waals surface area contributed by atoms with Crippen molar-refractivity contribution >= 4 is 17.8 Å². The fourth-order valence-electron chi connectivity index (χ4n) is 2.33. The number of carbonyl (C=O) groups excluding carboxylic acids is 1. The molecule has 0 aliphatic carbocycles. The number of carbonyl (C=O) groups is 2. The van der Waals surface area contributed by atoms with Gasteiger partial charge in [0, 0.05) is 25.7 Å². The minimum Gasteiger partial charge on any atom is -0.480 e. The van der Waals surface area contributed by atoms with Crippen LogP contribution in [0.25, 0.3) is 0 Å². The number of hydrogen-bond acceptors (Lipinski definition) is 4. The van der Waals surface area contributed by atoms with Crippen LogP contribution in [0.4, 0.5) is 10.6 Å². The fraction of sp³-hybridized carbons (Fsp3) is 0.333. The molecule has 110 valence electrons. The highest BCUT2D eigenvalue weighted by atomic mass is 16.4. The zero-order valence-electron chi connectivity index (χ0n) is 11.3. The molecule has 1 unspecified atom stereocenters. The normalized spacial score (nSPS) is 17.4. The van der Waals surface area contributed by atoms with E-state index in [1.807, 2.05) is 0 Å². The van der Waals surface area contributed by atoms with Crippen LogP contribution in [0, 0.1) is 0 Å². The van der Waals surface area contributed by atoms with Crippen molar-refractivity contribution in [2.75, 3.05) is 5.32 Å². The van der Waals surface area contributed by atoms with E-state index < -0.39 is 18.0 Å². The van der Waals surface area contributed by atoms with Gasteiger partial charge in [-0.3, -0.25) is 10.00 Å². The molecule has 2 aromatic rings. The Kier molecular flexibility index (Phi) is 3.09. The van der Waals surface area contributed by atoms with Crippen molar-refractivity contribution in [2.24, 2.45) is 7.05 Å². The number of aryl methyl sites for hydroxylation is 1. The Morgan fingerprint density at radius 2 is 2.33 bits per heavy atom. The third-order valence-corrected chi connectivity index (χ3v) is 3.39. The number of aromatic nitrogens is 4. The number of nitrogens with zero attached hydrogens (tertiary/aromatic N) is 4. The maximum atomic E-state index is 12.3. The number of amides is 2. The Balaban J connectivity index is 1.81. The van der Waals surface area contributed by atoms with E-state index in [4.69, 9.17) is 0 Å². The highest BCUT2D eigenvalue weighted by molar-refractivity contribution is 5.91. The largest absolute Gasteiger partial charge is 0.480 e. The van der Waals surface area contributed by atoms with Crippen LogP contribution >= 0.6 is 0 Å². The minimum absolute atomic E-state index is 0.172. The van der Waals surface area contributed by atoms with E-state index in [0.29, 0.717) is 11.5 Å². The lowest BCUT2D eigenvalue weighted by Gasteiger charge is -2.31. The van der Waals surface area contributed by atoms with Crippen molar-refractivity contribution in [3.63, 3.8) is 0 Å². The summed E-state index contributed by atoms with van der Waals surface area (Å²) in [5, 5.41) is 15.9. The number of urea groups is 1. The Hall–Kier alpha value is -2.84. The summed E-state index contributed by atoms with van der Waals surface area (Å²) in [6.45, 7) is 0.172. The molecule has 0 aromatic carbocycles. The summed E-state index contributed by atoms with van der Waals surface area (Å²) in [5.74, 6) is -0.679. The van der Waals surface area contributed by atoms with Crippen LogP contribution in [0.2, 0.25) is 0 Å². The molecule has 0 spiro atoms. The molecule has 0 saturated carbocycles. The maximum absolute atomic E-state index is 12.3. The van der Waals surface area contributed by atoms with Crippen molar-refractivity contribution in [2.45, 2.75) is 19.0 Å². The minimum atomic E-state index is -1.06. The zero-order valence-corrected chi connectivity index (χ0v) is 11.3. The molecule has 0 fully saturated rings. The molecule has 9 heteroatoms. The number of carboxylic acids is 1. The van der Waals surface area contributed by atoms with Crippen LogP contribution < -0.4 is 5.32 Å². The molecular formula is C12H14N6O3. The second kappa shape index (κ2) is 4.93. The van der Waals surface area contributed by atoms with Crippen LogP contribution in [0.1, 0.15) is 11.4 Å². The Morgan fingerprint density at radius 3 is 3.00 bits per heavy atom. The third kappa shape index (κ3) is 2.45. The van der Waals surface area contributed by atoms with Gasteiger partial charge >= 0.3 is 12.0 Å². The monoisotopic (exact) mass is 290 g/mol. The number of rotatable bonds is 2. The number of imidazole rings is 1. The van der Waals surface area contributed by atoms with E-state index in [0.717, 1.165) is 5.69 Å². The molecule has 3 heterocycles. The van der Waals surface area contributed by atoms with E-state index in [-0.39, 0.29) is 13.0 Å². The molecule has 2 amide bonds. The summed E-state index contributed by atoms with van der Waals surface area (Å²) in [6.07, 6.45) is 3.38. The number of anilines is 1. The average Bonchev–Trinajstić information content (AvgIpc) is 3.05. The summed E-state index contributed by atoms with van der Waals surface area (Å²) in [4.78, 5) is 31.9. The van der Waals surface area contributed by atoms with Crippen molar-refractivity contribution in [3.05, 3.63) is 30.0 Å². The van der Waals surface area contributed by atoms with Crippen LogP contribution in [0.5, 0.6) is 0 Å². The van der Waals surface area contributed by atoms with Gasteiger partial charge in [0.1, 0.15) is 6.04 Å². The van der Waals surface area contributed by atoms with Crippen LogP contribution in [-0.4, -0.2) is 47.8 Å². The number of H-pyrrole nitrogens is 1. The summed E-state index contributed by atoms with van der Waals surface area (Å²) in [6, 6.07) is 0.199. The standard InChI is InChI=1S/C12H14N6O3/c1-17-3-2-10(16-17)15-12(21)18-5-8-7(13-6-14-8)4-9(18)11(19)20/h2-3,6,9H,4-5H2,1H3,(H,13,14)(H,19,20)(H,15,16,21). The zero-order chi connectivity index (χ0) is 15.0. The van der Waals surface area contributed by atoms with E-state index in [2.05, 4.69) is 20.4 Å². The van der Waals surface area contributed by atoms with Gasteiger partial charge in [-0.2, -0.15) is 5.10 Å². The third-order valence-electron chi connectivity index (χ3n) is 3.39. The van der Waals surface area contributed by atoms with Gasteiger partial charge < -0.3 is 15.0 Å². The highest BCUT2D eigenvalue weighted by Crippen LogP contribution is 2.21. The Morgan fingerprint density at radius 1 is 1.52 bits per heavy atom. The first kappa shape index (κ1) is 13.2. The van der Waals surface area contributed by atoms with Crippen molar-refractivity contribution in [3.8, 4) is 0 Å². The van der Waals surface area contributed by atoms with Gasteiger partial charge in [-0.25, -0.2) is 14.6 Å². The van der Waals surface area contributed by atoms with Gasteiger partial charge in [0.05, 0.1) is 24.3 Å². The molecule has 0 saturated heterocycles. The number of fused-ring (bicyclic) bond motifs is 1. The first-order valence-corrected chi connectivity index (χ1v) is 6.36. The second-order valence-electron chi connectivity index (χ2n) is 4.82. The first-order chi connectivity index (χ1) is 10.0. The van der Waals surface area contributed by atoms with E-state index >= 15 is 0 Å². The predicted molar refractivity (Wildman–Crippen MR) is 71.5 cm³/mol. The number of hydrogen-bond donors (Lipinski definition) is 3. The van der Waals surface area contributed by atoms with Gasteiger partial charge in [0.2, 0.25) is 0 Å². The van der Waals surface area contributed by atoms with Gasteiger partial charge in [-0.05, 0) is 0 Å². The van der Waals surface area contributed by atoms with E-state index in [9.17, 15) is 14.7 Å². The summed E-state index contributed by atoms with van der Waals surface area (Å²) in [5.41, 5.74) is 1.44. The molecule has 0 bridgehead atoms. The average molecular weight is 290 g/mol. The lowest BCUT2D eigenvalue weighted by molar-refractivity contribution is -0.142. The number of carboxylic acid groups (broad SMARTS) is 1. The van der Waals surface area contributed by atoms with E-state index in [1.54, 1.807) is 24.0 Å². The van der Waals surface area contributed by atoms with Crippen LogP contribution in [-0.2, 0) is 24.8 Å². The van der Waals surface area contributed by atoms with Gasteiger partial charge in [0.25, 0.3) is 0 Å². The van der Waals surface area contributed by atoms with E-state index in [1.165, 1.54) is 11.2 Å². The van der Waals surface area contributed by atoms with Crippen LogP contribution in [0.3, 0.4) is 0 Å². The molecule has 0 radical (unpaired) electrons. The van der Waals surface area contributed by atoms with Gasteiger partial charge in [-0.15, -0.1) is 0 Å². The lowest BCUT2D eigenvalue weighted by atomic mass is 10.0. The quantitative estimate of drug-likeness (QED) is 0.730. The summed E-state index contributed by atoms with van der Waals surface area (Å²) >= 11 is 0. The summed E-state index contributed by atoms with van der Waals surface area (Å²) in [7, 11) is 1.73. The molecule has 3 rings (SSSR count). The maximum Gasteiger partial charge on any atom is 0.326 e. The van der Waals surface area contributed by atoms with Crippen molar-refractivity contribution in [1.29, 1.82) is 0 Å². The molecule has 1 aliphatic rings. The predicted octanol–water partition coefficient (Wildman–Crippen LogP) is 0.187. The number of nitrogens with one attached hydrogen (secondary N) is 2. The molecule has 2 aromatic heterocycles. The smallest absolute Gasteiger partial charge is 0.326 e. The molecule has 9 nitrogen and oxygen atoms in total. The van der Waals surface area contributed by atoms with Crippen molar-refractivity contribution < 1.29 is 14.7 Å². The molecule has 21 heavy (non-hydrogen) atoms. The van der Waals surface area contributed by atoms with Gasteiger partial charge in [0.15, 0.2) is 5.82 Å². The molecule has 1 atom stereocenters. The highest BCUT2D eigenvalue weighted by Gasteiger charge is 2.36. The molecule has 3 N–H and O–H groups in total. The second-order valence-corrected chi connectivity index (χ2v) is 4.82. The molecule has 1 aliphatic heterocycles. The van der Waals surface area contributed by atoms with Crippen molar-refractivity contribution in [1.82, 2.24) is 24.6 Å². The first-order valence-electron chi connectivity index (χ1n) is 6.36. The SMILES string of the molecule is Cn1ccc(NC(=O)N2Cc3[nH]cnc3CC2C(=O)O)n1. The number of aromatic amines is 1. The lowest BCUT2D eigenvalue weighted by Crippen LogP contribution is -2.50. The Labute approximate surface area is 119 Å². The fourth-order valence-corrected chi connectivity index (χ4v) is 2.33. The Bertz CT molecular complexity index is 691. The van der Waals surface area contributed by atoms with Crippen LogP contribution in [0.15, 0.2) is 18.6 Å². The summed E-state index contributed by atoms with van der Waals surface area (Å²) < 4.78 is 1.55. The topological polar surface area (TPSA) is 116 Å². The molecular weight excluding hydrogens is 276 g/mol. The number of aliphatic carboxylic acids is 1.